The van der Waals surface area contributed by atoms with Gasteiger partial charge in [-0.05, 0) is 45.4 Å². The summed E-state index contributed by atoms with van der Waals surface area (Å²) in [5.41, 5.74) is 2.90. The van der Waals surface area contributed by atoms with Crippen molar-refractivity contribution in [3.8, 4) is 0 Å². The van der Waals surface area contributed by atoms with Crippen LogP contribution in [-0.4, -0.2) is 41.9 Å². The Balaban J connectivity index is 0.00000392. The summed E-state index contributed by atoms with van der Waals surface area (Å²) in [6, 6.07) is 7.72. The van der Waals surface area contributed by atoms with Gasteiger partial charge in [0.05, 0.1) is 12.2 Å². The summed E-state index contributed by atoms with van der Waals surface area (Å²) in [6.07, 6.45) is 0. The van der Waals surface area contributed by atoms with Crippen LogP contribution in [0.3, 0.4) is 0 Å². The molecule has 154 valence electrons. The highest BCUT2D eigenvalue weighted by Crippen LogP contribution is 2.15. The SMILES string of the molecule is CCN(CC)C(=O)c1ccc(CNC(=NC)NCc2nc(C)c(C)s2)cc1.I. The van der Waals surface area contributed by atoms with E-state index < -0.39 is 0 Å². The van der Waals surface area contributed by atoms with Crippen LogP contribution in [0.2, 0.25) is 0 Å². The zero-order chi connectivity index (χ0) is 19.8. The second-order valence-electron chi connectivity index (χ2n) is 6.20. The number of hydrogen-bond donors (Lipinski definition) is 2. The van der Waals surface area contributed by atoms with Gasteiger partial charge in [0.15, 0.2) is 5.96 Å². The summed E-state index contributed by atoms with van der Waals surface area (Å²) in [5.74, 6) is 0.801. The molecule has 0 aliphatic heterocycles. The van der Waals surface area contributed by atoms with Crippen LogP contribution in [0.5, 0.6) is 0 Å². The van der Waals surface area contributed by atoms with Gasteiger partial charge >= 0.3 is 0 Å². The van der Waals surface area contributed by atoms with Crippen LogP contribution in [0.15, 0.2) is 29.3 Å². The van der Waals surface area contributed by atoms with Gasteiger partial charge in [0, 0.05) is 37.1 Å². The first-order valence-corrected chi connectivity index (χ1v) is 10.1. The molecule has 0 aliphatic carbocycles. The molecule has 8 heteroatoms. The fourth-order valence-corrected chi connectivity index (χ4v) is 3.51. The molecule has 2 rings (SSSR count). The van der Waals surface area contributed by atoms with E-state index in [0.717, 1.165) is 40.9 Å². The summed E-state index contributed by atoms with van der Waals surface area (Å²) in [6.45, 7) is 10.8. The summed E-state index contributed by atoms with van der Waals surface area (Å²) >= 11 is 1.70. The molecule has 1 aromatic heterocycles. The molecule has 1 amide bonds. The highest BCUT2D eigenvalue weighted by molar-refractivity contribution is 14.0. The molecule has 6 nitrogen and oxygen atoms in total. The standard InChI is InChI=1S/C20H29N5OS.HI/c1-6-25(7-2)19(26)17-10-8-16(9-11-17)12-22-20(21-5)23-13-18-24-14(3)15(4)27-18;/h8-11H,6-7,12-13H2,1-5H3,(H2,21,22,23);1H. The van der Waals surface area contributed by atoms with Crippen molar-refractivity contribution in [3.63, 3.8) is 0 Å². The number of hydrogen-bond acceptors (Lipinski definition) is 4. The molecule has 0 bridgehead atoms. The number of rotatable bonds is 7. The number of thiazole rings is 1. The number of aryl methyl sites for hydroxylation is 2. The minimum absolute atomic E-state index is 0. The molecule has 0 saturated carbocycles. The molecule has 1 aromatic carbocycles. The molecule has 28 heavy (non-hydrogen) atoms. The zero-order valence-electron chi connectivity index (χ0n) is 17.2. The Morgan fingerprint density at radius 2 is 1.71 bits per heavy atom. The zero-order valence-corrected chi connectivity index (χ0v) is 20.4. The van der Waals surface area contributed by atoms with E-state index in [1.165, 1.54) is 4.88 Å². The Morgan fingerprint density at radius 3 is 2.21 bits per heavy atom. The van der Waals surface area contributed by atoms with Crippen molar-refractivity contribution in [2.45, 2.75) is 40.8 Å². The lowest BCUT2D eigenvalue weighted by atomic mass is 10.1. The van der Waals surface area contributed by atoms with Crippen LogP contribution in [0.25, 0.3) is 0 Å². The average molecular weight is 515 g/mol. The van der Waals surface area contributed by atoms with Gasteiger partial charge in [-0.2, -0.15) is 0 Å². The van der Waals surface area contributed by atoms with Gasteiger partial charge in [-0.1, -0.05) is 12.1 Å². The quantitative estimate of drug-likeness (QED) is 0.335. The van der Waals surface area contributed by atoms with Crippen molar-refractivity contribution in [2.75, 3.05) is 20.1 Å². The van der Waals surface area contributed by atoms with Crippen molar-refractivity contribution in [2.24, 2.45) is 4.99 Å². The maximum atomic E-state index is 12.4. The maximum Gasteiger partial charge on any atom is 0.253 e. The average Bonchev–Trinajstić information content (AvgIpc) is 3.01. The van der Waals surface area contributed by atoms with Gasteiger partial charge in [0.25, 0.3) is 5.91 Å². The van der Waals surface area contributed by atoms with E-state index >= 15 is 0 Å². The molecule has 1 heterocycles. The molecule has 2 aromatic rings. The van der Waals surface area contributed by atoms with Crippen LogP contribution < -0.4 is 10.6 Å². The number of aliphatic imine (C=N–C) groups is 1. The number of benzene rings is 1. The van der Waals surface area contributed by atoms with Crippen LogP contribution in [0.4, 0.5) is 0 Å². The number of guanidine groups is 1. The Labute approximate surface area is 188 Å². The fourth-order valence-electron chi connectivity index (χ4n) is 2.64. The minimum Gasteiger partial charge on any atom is -0.352 e. The maximum absolute atomic E-state index is 12.4. The van der Waals surface area contributed by atoms with Crippen molar-refractivity contribution in [1.82, 2.24) is 20.5 Å². The van der Waals surface area contributed by atoms with Crippen molar-refractivity contribution >= 4 is 47.2 Å². The highest BCUT2D eigenvalue weighted by atomic mass is 127. The normalized spacial score (nSPS) is 11.0. The molecule has 0 fully saturated rings. The van der Waals surface area contributed by atoms with E-state index in [9.17, 15) is 4.79 Å². The largest absolute Gasteiger partial charge is 0.352 e. The number of halogens is 1. The smallest absolute Gasteiger partial charge is 0.253 e. The van der Waals surface area contributed by atoms with Gasteiger partial charge in [-0.15, -0.1) is 35.3 Å². The Bertz CT molecular complexity index is 765. The third-order valence-electron chi connectivity index (χ3n) is 4.41. The van der Waals surface area contributed by atoms with Gasteiger partial charge in [0.2, 0.25) is 0 Å². The molecule has 2 N–H and O–H groups in total. The van der Waals surface area contributed by atoms with Gasteiger partial charge in [0.1, 0.15) is 5.01 Å². The summed E-state index contributed by atoms with van der Waals surface area (Å²) in [4.78, 5) is 24.2. The summed E-state index contributed by atoms with van der Waals surface area (Å²) < 4.78 is 0. The Morgan fingerprint density at radius 1 is 1.11 bits per heavy atom. The lowest BCUT2D eigenvalue weighted by molar-refractivity contribution is 0.0773. The van der Waals surface area contributed by atoms with Crippen LogP contribution in [0, 0.1) is 13.8 Å². The predicted octanol–water partition coefficient (Wildman–Crippen LogP) is 3.73. The molecule has 0 unspecified atom stereocenters. The molecular formula is C20H30IN5OS. The second kappa shape index (κ2) is 12.0. The van der Waals surface area contributed by atoms with E-state index in [1.54, 1.807) is 18.4 Å². The topological polar surface area (TPSA) is 69.6 Å². The summed E-state index contributed by atoms with van der Waals surface area (Å²) in [7, 11) is 1.75. The molecule has 0 atom stereocenters. The number of aromatic nitrogens is 1. The molecule has 0 spiro atoms. The molecule has 0 saturated heterocycles. The van der Waals surface area contributed by atoms with E-state index in [0.29, 0.717) is 13.1 Å². The Kier molecular flexibility index (Phi) is 10.4. The third kappa shape index (κ3) is 6.73. The lowest BCUT2D eigenvalue weighted by Gasteiger charge is -2.18. The number of nitrogens with one attached hydrogen (secondary N) is 2. The monoisotopic (exact) mass is 515 g/mol. The van der Waals surface area contributed by atoms with Gasteiger partial charge < -0.3 is 15.5 Å². The van der Waals surface area contributed by atoms with Crippen LogP contribution in [-0.2, 0) is 13.1 Å². The number of carbonyl (C=O) groups is 1. The minimum atomic E-state index is 0. The van der Waals surface area contributed by atoms with Crippen LogP contribution in [0.1, 0.15) is 45.3 Å². The summed E-state index contributed by atoms with van der Waals surface area (Å²) in [5, 5.41) is 7.62. The van der Waals surface area contributed by atoms with E-state index in [2.05, 4.69) is 27.5 Å². The lowest BCUT2D eigenvalue weighted by Crippen LogP contribution is -2.36. The molecule has 0 radical (unpaired) electrons. The van der Waals surface area contributed by atoms with Crippen molar-refractivity contribution in [1.29, 1.82) is 0 Å². The second-order valence-corrected chi connectivity index (χ2v) is 7.49. The van der Waals surface area contributed by atoms with Crippen molar-refractivity contribution < 1.29 is 4.79 Å². The first-order valence-electron chi connectivity index (χ1n) is 9.24. The fraction of sp³-hybridized carbons (Fsp3) is 0.450. The van der Waals surface area contributed by atoms with E-state index in [4.69, 9.17) is 0 Å². The number of nitrogens with zero attached hydrogens (tertiary/aromatic N) is 3. The highest BCUT2D eigenvalue weighted by Gasteiger charge is 2.12. The molecular weight excluding hydrogens is 485 g/mol. The van der Waals surface area contributed by atoms with Crippen molar-refractivity contribution in [3.05, 3.63) is 51.0 Å². The van der Waals surface area contributed by atoms with Crippen LogP contribution >= 0.6 is 35.3 Å². The van der Waals surface area contributed by atoms with Gasteiger partial charge in [-0.25, -0.2) is 4.98 Å². The van der Waals surface area contributed by atoms with E-state index in [1.807, 2.05) is 49.9 Å². The number of carbonyl (C=O) groups excluding carboxylic acids is 1. The van der Waals surface area contributed by atoms with Gasteiger partial charge in [-0.3, -0.25) is 9.79 Å². The number of amides is 1. The predicted molar refractivity (Wildman–Crippen MR) is 128 cm³/mol. The third-order valence-corrected chi connectivity index (χ3v) is 5.49. The Hall–Kier alpha value is -1.68. The first kappa shape index (κ1) is 24.4. The first-order chi connectivity index (χ1) is 13.0. The van der Waals surface area contributed by atoms with E-state index in [-0.39, 0.29) is 29.9 Å². The molecule has 0 aliphatic rings.